The molecule has 2 aromatic rings. The number of nitrogens with one attached hydrogen (secondary N) is 1. The molecule has 1 N–H and O–H groups in total. The van der Waals surface area contributed by atoms with E-state index in [0.717, 1.165) is 54.6 Å². The second-order valence-electron chi connectivity index (χ2n) is 8.16. The van der Waals surface area contributed by atoms with Crippen LogP contribution in [-0.4, -0.2) is 36.7 Å². The lowest BCUT2D eigenvalue weighted by Crippen LogP contribution is -2.50. The number of aryl methyl sites for hydroxylation is 1. The fourth-order valence-electron chi connectivity index (χ4n) is 4.88. The smallest absolute Gasteiger partial charge is 0.125 e. The van der Waals surface area contributed by atoms with Gasteiger partial charge in [0.25, 0.3) is 0 Å². The number of anilines is 2. The van der Waals surface area contributed by atoms with Crippen LogP contribution >= 0.6 is 15.9 Å². The van der Waals surface area contributed by atoms with Crippen LogP contribution in [0.25, 0.3) is 5.57 Å². The second-order valence-corrected chi connectivity index (χ2v) is 9.08. The minimum atomic E-state index is -0.128. The Bertz CT molecular complexity index is 924. The summed E-state index contributed by atoms with van der Waals surface area (Å²) in [5.41, 5.74) is 6.10. The van der Waals surface area contributed by atoms with Gasteiger partial charge in [0.1, 0.15) is 12.0 Å². The van der Waals surface area contributed by atoms with E-state index in [2.05, 4.69) is 68.3 Å². The first-order valence-corrected chi connectivity index (χ1v) is 10.9. The molecule has 3 heterocycles. The van der Waals surface area contributed by atoms with Gasteiger partial charge in [-0.15, -0.1) is 0 Å². The van der Waals surface area contributed by atoms with Crippen molar-refractivity contribution in [2.45, 2.75) is 38.4 Å². The highest BCUT2D eigenvalue weighted by molar-refractivity contribution is 9.10. The van der Waals surface area contributed by atoms with E-state index in [1.807, 2.05) is 0 Å². The molecule has 3 aliphatic rings. The lowest BCUT2D eigenvalue weighted by atomic mass is 9.96. The van der Waals surface area contributed by atoms with Gasteiger partial charge in [-0.25, -0.2) is 4.39 Å². The van der Waals surface area contributed by atoms with E-state index >= 15 is 0 Å². The zero-order valence-corrected chi connectivity index (χ0v) is 17.7. The highest BCUT2D eigenvalue weighted by Crippen LogP contribution is 2.44. The molecule has 28 heavy (non-hydrogen) atoms. The van der Waals surface area contributed by atoms with Gasteiger partial charge in [-0.1, -0.05) is 34.1 Å². The first kappa shape index (κ1) is 18.2. The summed E-state index contributed by atoms with van der Waals surface area (Å²) in [5, 5.41) is 3.60. The van der Waals surface area contributed by atoms with Crippen molar-refractivity contribution in [3.05, 3.63) is 63.9 Å². The Morgan fingerprint density at radius 1 is 1.18 bits per heavy atom. The van der Waals surface area contributed by atoms with E-state index in [1.54, 1.807) is 12.1 Å². The normalized spacial score (nSPS) is 24.0. The zero-order chi connectivity index (χ0) is 19.3. The van der Waals surface area contributed by atoms with Gasteiger partial charge in [-0.05, 0) is 67.2 Å². The van der Waals surface area contributed by atoms with Crippen molar-refractivity contribution < 1.29 is 4.39 Å². The quantitative estimate of drug-likeness (QED) is 0.699. The molecule has 5 heteroatoms. The van der Waals surface area contributed by atoms with Crippen molar-refractivity contribution in [1.29, 1.82) is 0 Å². The molecule has 0 radical (unpaired) electrons. The van der Waals surface area contributed by atoms with Crippen molar-refractivity contribution in [2.24, 2.45) is 0 Å². The van der Waals surface area contributed by atoms with Crippen molar-refractivity contribution in [1.82, 2.24) is 4.90 Å². The third-order valence-corrected chi connectivity index (χ3v) is 6.84. The van der Waals surface area contributed by atoms with E-state index in [-0.39, 0.29) is 12.0 Å². The molecule has 0 saturated carbocycles. The van der Waals surface area contributed by atoms with Crippen LogP contribution in [0.15, 0.2) is 46.9 Å². The molecule has 0 aromatic heterocycles. The van der Waals surface area contributed by atoms with Gasteiger partial charge >= 0.3 is 0 Å². The molecule has 0 bridgehead atoms. The molecule has 3 aliphatic heterocycles. The van der Waals surface area contributed by atoms with Crippen molar-refractivity contribution >= 4 is 32.9 Å². The topological polar surface area (TPSA) is 18.5 Å². The van der Waals surface area contributed by atoms with Gasteiger partial charge < -0.3 is 10.2 Å². The monoisotopic (exact) mass is 441 g/mol. The molecule has 0 aliphatic carbocycles. The van der Waals surface area contributed by atoms with E-state index in [4.69, 9.17) is 0 Å². The summed E-state index contributed by atoms with van der Waals surface area (Å²) in [7, 11) is 0. The van der Waals surface area contributed by atoms with Crippen LogP contribution in [0, 0.1) is 5.82 Å². The maximum atomic E-state index is 14.0. The molecule has 146 valence electrons. The fraction of sp³-hybridized carbons (Fsp3) is 0.391. The third kappa shape index (κ3) is 3.25. The van der Waals surface area contributed by atoms with Crippen LogP contribution < -0.4 is 10.2 Å². The second kappa shape index (κ2) is 7.20. The summed E-state index contributed by atoms with van der Waals surface area (Å²) >= 11 is 3.51. The molecule has 5 rings (SSSR count). The maximum absolute atomic E-state index is 14.0. The number of nitrogens with zero attached hydrogens (tertiary/aromatic N) is 2. The number of hydrogen-bond acceptors (Lipinski definition) is 3. The van der Waals surface area contributed by atoms with Gasteiger partial charge in [0.2, 0.25) is 0 Å². The van der Waals surface area contributed by atoms with E-state index < -0.39 is 0 Å². The Hall–Kier alpha value is -1.85. The minimum Gasteiger partial charge on any atom is -0.362 e. The Morgan fingerprint density at radius 3 is 2.75 bits per heavy atom. The molecule has 2 unspecified atom stereocenters. The Balaban J connectivity index is 1.31. The van der Waals surface area contributed by atoms with E-state index in [0.29, 0.717) is 6.04 Å². The summed E-state index contributed by atoms with van der Waals surface area (Å²) in [6.07, 6.45) is 5.70. The summed E-state index contributed by atoms with van der Waals surface area (Å²) in [4.78, 5) is 4.99. The van der Waals surface area contributed by atoms with E-state index in [9.17, 15) is 4.39 Å². The largest absolute Gasteiger partial charge is 0.362 e. The van der Waals surface area contributed by atoms with Crippen LogP contribution in [-0.2, 0) is 6.42 Å². The lowest BCUT2D eigenvalue weighted by Gasteiger charge is -2.39. The van der Waals surface area contributed by atoms with Crippen LogP contribution in [0.4, 0.5) is 15.8 Å². The van der Waals surface area contributed by atoms with E-state index in [1.165, 1.54) is 16.8 Å². The number of hydrogen-bond donors (Lipinski definition) is 1. The SMILES string of the molecule is CC1CCc2cc(F)cc3c2N1C(CN1CC=C(c2ccc(Br)cc2)CC1)N3. The predicted molar refractivity (Wildman–Crippen MR) is 117 cm³/mol. The van der Waals surface area contributed by atoms with Gasteiger partial charge in [0.15, 0.2) is 0 Å². The average Bonchev–Trinajstić information content (AvgIpc) is 3.05. The summed E-state index contributed by atoms with van der Waals surface area (Å²) in [6.45, 7) is 5.26. The molecule has 0 fully saturated rings. The van der Waals surface area contributed by atoms with Crippen LogP contribution in [0.5, 0.6) is 0 Å². The molecule has 0 spiro atoms. The maximum Gasteiger partial charge on any atom is 0.125 e. The molecular weight excluding hydrogens is 417 g/mol. The van der Waals surface area contributed by atoms with Crippen LogP contribution in [0.1, 0.15) is 30.9 Å². The highest BCUT2D eigenvalue weighted by atomic mass is 79.9. The minimum absolute atomic E-state index is 0.128. The van der Waals surface area contributed by atoms with Gasteiger partial charge in [0, 0.05) is 30.1 Å². The van der Waals surface area contributed by atoms with Crippen molar-refractivity contribution in [3.8, 4) is 0 Å². The number of benzene rings is 2. The molecule has 2 aromatic carbocycles. The van der Waals surface area contributed by atoms with Gasteiger partial charge in [-0.3, -0.25) is 4.90 Å². The first-order chi connectivity index (χ1) is 13.6. The van der Waals surface area contributed by atoms with Crippen molar-refractivity contribution in [2.75, 3.05) is 29.9 Å². The lowest BCUT2D eigenvalue weighted by molar-refractivity contribution is 0.281. The summed E-state index contributed by atoms with van der Waals surface area (Å²) in [6, 6.07) is 12.4. The number of rotatable bonds is 3. The van der Waals surface area contributed by atoms with Crippen LogP contribution in [0.3, 0.4) is 0 Å². The molecule has 0 saturated heterocycles. The fourth-order valence-corrected chi connectivity index (χ4v) is 5.14. The Labute approximate surface area is 174 Å². The predicted octanol–water partition coefficient (Wildman–Crippen LogP) is 5.27. The van der Waals surface area contributed by atoms with Crippen molar-refractivity contribution in [3.63, 3.8) is 0 Å². The van der Waals surface area contributed by atoms with Gasteiger partial charge in [0.05, 0.1) is 11.4 Å². The average molecular weight is 442 g/mol. The van der Waals surface area contributed by atoms with Gasteiger partial charge in [-0.2, -0.15) is 0 Å². The molecule has 2 atom stereocenters. The zero-order valence-electron chi connectivity index (χ0n) is 16.1. The Morgan fingerprint density at radius 2 is 2.00 bits per heavy atom. The summed E-state index contributed by atoms with van der Waals surface area (Å²) in [5.74, 6) is -0.128. The van der Waals surface area contributed by atoms with Crippen LogP contribution in [0.2, 0.25) is 0 Å². The number of halogens is 2. The molecule has 3 nitrogen and oxygen atoms in total. The summed E-state index contributed by atoms with van der Waals surface area (Å²) < 4.78 is 15.1. The third-order valence-electron chi connectivity index (χ3n) is 6.32. The molecular formula is C23H25BrFN3. The Kier molecular flexibility index (Phi) is 4.68. The first-order valence-electron chi connectivity index (χ1n) is 10.1. The highest BCUT2D eigenvalue weighted by Gasteiger charge is 2.38. The molecule has 0 amide bonds. The standard InChI is InChI=1S/C23H25BrFN3/c1-15-2-3-18-12-20(25)13-21-23(18)28(15)22(26-21)14-27-10-8-17(9-11-27)16-4-6-19(24)7-5-16/h4-8,12-13,15,22,26H,2-3,9-11,14H2,1H3.